The second-order valence-electron chi connectivity index (χ2n) is 6.30. The van der Waals surface area contributed by atoms with Gasteiger partial charge in [0.25, 0.3) is 0 Å². The van der Waals surface area contributed by atoms with Crippen LogP contribution in [0, 0.1) is 0 Å². The third-order valence-corrected chi connectivity index (χ3v) is 5.84. The summed E-state index contributed by atoms with van der Waals surface area (Å²) in [6.07, 6.45) is 5.34. The summed E-state index contributed by atoms with van der Waals surface area (Å²) in [6.45, 7) is 6.03. The van der Waals surface area contributed by atoms with Crippen LogP contribution < -0.4 is 5.32 Å². The van der Waals surface area contributed by atoms with Gasteiger partial charge in [-0.1, -0.05) is 18.0 Å². The number of hydrogen-bond donors (Lipinski definition) is 1. The van der Waals surface area contributed by atoms with Crippen LogP contribution in [-0.2, 0) is 0 Å². The number of hydrogen-bond acceptors (Lipinski definition) is 3. The average molecular weight is 325 g/mol. The predicted molar refractivity (Wildman–Crippen MR) is 92.4 cm³/mol. The van der Waals surface area contributed by atoms with Crippen molar-refractivity contribution in [2.75, 3.05) is 25.4 Å². The molecular formula is C17H25ClN2S. The molecule has 2 unspecified atom stereocenters. The zero-order valence-electron chi connectivity index (χ0n) is 12.8. The van der Waals surface area contributed by atoms with E-state index in [1.807, 2.05) is 17.8 Å². The number of nitrogens with zero attached hydrogens (tertiary/aromatic N) is 1. The zero-order valence-corrected chi connectivity index (χ0v) is 14.3. The lowest BCUT2D eigenvalue weighted by Gasteiger charge is -2.33. The number of piperidine rings is 1. The van der Waals surface area contributed by atoms with Crippen LogP contribution >= 0.6 is 23.4 Å². The summed E-state index contributed by atoms with van der Waals surface area (Å²) in [5, 5.41) is 4.69. The fourth-order valence-corrected chi connectivity index (χ4v) is 4.75. The van der Waals surface area contributed by atoms with Gasteiger partial charge in [0.05, 0.1) is 0 Å². The van der Waals surface area contributed by atoms with Crippen LogP contribution in [0.4, 0.5) is 0 Å². The molecule has 3 rings (SSSR count). The molecule has 0 radical (unpaired) electrons. The lowest BCUT2D eigenvalue weighted by Crippen LogP contribution is -2.43. The first-order valence-electron chi connectivity index (χ1n) is 8.13. The maximum atomic E-state index is 6.19. The summed E-state index contributed by atoms with van der Waals surface area (Å²) < 4.78 is 0. The molecule has 2 aliphatic heterocycles. The standard InChI is InChI=1S/C17H25ClN2S/c1-13(12-20-8-3-2-4-9-20)19-16-7-10-21-17-6-5-14(18)11-15(16)17/h5-6,11,13,16,19H,2-4,7-10,12H2,1H3. The van der Waals surface area contributed by atoms with Gasteiger partial charge in [0.2, 0.25) is 0 Å². The molecule has 1 aromatic rings. The van der Waals surface area contributed by atoms with E-state index in [4.69, 9.17) is 11.6 Å². The topological polar surface area (TPSA) is 15.3 Å². The summed E-state index contributed by atoms with van der Waals surface area (Å²) in [5.74, 6) is 1.20. The fraction of sp³-hybridized carbons (Fsp3) is 0.647. The second kappa shape index (κ2) is 7.36. The molecule has 2 heterocycles. The molecule has 0 saturated carbocycles. The van der Waals surface area contributed by atoms with Crippen LogP contribution in [0.2, 0.25) is 5.02 Å². The van der Waals surface area contributed by atoms with Gasteiger partial charge in [-0.2, -0.15) is 0 Å². The van der Waals surface area contributed by atoms with E-state index in [1.165, 1.54) is 61.5 Å². The molecular weight excluding hydrogens is 300 g/mol. The van der Waals surface area contributed by atoms with E-state index in [0.29, 0.717) is 12.1 Å². The molecule has 1 fully saturated rings. The van der Waals surface area contributed by atoms with Gasteiger partial charge in [-0.05, 0) is 68.8 Å². The van der Waals surface area contributed by atoms with E-state index in [9.17, 15) is 0 Å². The van der Waals surface area contributed by atoms with E-state index in [1.54, 1.807) is 0 Å². The Balaban J connectivity index is 1.61. The lowest BCUT2D eigenvalue weighted by molar-refractivity contribution is 0.203. The van der Waals surface area contributed by atoms with E-state index >= 15 is 0 Å². The van der Waals surface area contributed by atoms with E-state index in [0.717, 1.165) is 5.02 Å². The first-order valence-corrected chi connectivity index (χ1v) is 9.49. The molecule has 0 bridgehead atoms. The van der Waals surface area contributed by atoms with Crippen LogP contribution in [-0.4, -0.2) is 36.3 Å². The summed E-state index contributed by atoms with van der Waals surface area (Å²) in [5.41, 5.74) is 1.39. The van der Waals surface area contributed by atoms with Crippen molar-refractivity contribution < 1.29 is 0 Å². The van der Waals surface area contributed by atoms with Crippen molar-refractivity contribution in [2.45, 2.75) is 49.6 Å². The highest BCUT2D eigenvalue weighted by atomic mass is 35.5. The first-order chi connectivity index (χ1) is 10.2. The van der Waals surface area contributed by atoms with Crippen molar-refractivity contribution in [1.82, 2.24) is 10.2 Å². The lowest BCUT2D eigenvalue weighted by atomic mass is 10.0. The molecule has 2 atom stereocenters. The number of nitrogens with one attached hydrogen (secondary N) is 1. The van der Waals surface area contributed by atoms with Gasteiger partial charge in [0, 0.05) is 28.5 Å². The van der Waals surface area contributed by atoms with Gasteiger partial charge < -0.3 is 10.2 Å². The summed E-state index contributed by atoms with van der Waals surface area (Å²) in [6, 6.07) is 7.31. The van der Waals surface area contributed by atoms with Gasteiger partial charge in [-0.3, -0.25) is 0 Å². The van der Waals surface area contributed by atoms with Crippen LogP contribution in [0.15, 0.2) is 23.1 Å². The Kier molecular flexibility index (Phi) is 5.49. The Morgan fingerprint density at radius 2 is 2.14 bits per heavy atom. The quantitative estimate of drug-likeness (QED) is 0.887. The fourth-order valence-electron chi connectivity index (χ4n) is 3.46. The average Bonchev–Trinajstić information content (AvgIpc) is 2.49. The number of benzene rings is 1. The monoisotopic (exact) mass is 324 g/mol. The van der Waals surface area contributed by atoms with E-state index in [2.05, 4.69) is 29.3 Å². The Labute approximate surface area is 137 Å². The zero-order chi connectivity index (χ0) is 14.7. The molecule has 0 amide bonds. The smallest absolute Gasteiger partial charge is 0.0410 e. The molecule has 1 saturated heterocycles. The number of likely N-dealkylation sites (tertiary alicyclic amines) is 1. The van der Waals surface area contributed by atoms with Crippen molar-refractivity contribution in [2.24, 2.45) is 0 Å². The van der Waals surface area contributed by atoms with Crippen molar-refractivity contribution in [3.8, 4) is 0 Å². The van der Waals surface area contributed by atoms with E-state index in [-0.39, 0.29) is 0 Å². The first kappa shape index (κ1) is 15.7. The third kappa shape index (κ3) is 4.16. The van der Waals surface area contributed by atoms with Crippen LogP contribution in [0.3, 0.4) is 0 Å². The normalized spacial score (nSPS) is 24.6. The summed E-state index contributed by atoms with van der Waals surface area (Å²) in [4.78, 5) is 4.01. The Morgan fingerprint density at radius 1 is 1.33 bits per heavy atom. The minimum atomic E-state index is 0.458. The number of rotatable bonds is 4. The molecule has 0 aromatic heterocycles. The molecule has 1 N–H and O–H groups in total. The molecule has 1 aromatic carbocycles. The molecule has 0 aliphatic carbocycles. The number of halogens is 1. The van der Waals surface area contributed by atoms with Crippen LogP contribution in [0.1, 0.15) is 44.2 Å². The van der Waals surface area contributed by atoms with Gasteiger partial charge in [-0.15, -0.1) is 11.8 Å². The Morgan fingerprint density at radius 3 is 2.95 bits per heavy atom. The van der Waals surface area contributed by atoms with Gasteiger partial charge in [0.1, 0.15) is 0 Å². The highest BCUT2D eigenvalue weighted by Crippen LogP contribution is 2.37. The number of fused-ring (bicyclic) bond motifs is 1. The van der Waals surface area contributed by atoms with Gasteiger partial charge in [-0.25, -0.2) is 0 Å². The molecule has 0 spiro atoms. The Hall–Kier alpha value is -0.220. The minimum Gasteiger partial charge on any atom is -0.306 e. The SMILES string of the molecule is CC(CN1CCCCC1)NC1CCSc2ccc(Cl)cc21. The maximum Gasteiger partial charge on any atom is 0.0410 e. The molecule has 21 heavy (non-hydrogen) atoms. The summed E-state index contributed by atoms with van der Waals surface area (Å²) in [7, 11) is 0. The van der Waals surface area contributed by atoms with Crippen LogP contribution in [0.25, 0.3) is 0 Å². The largest absolute Gasteiger partial charge is 0.306 e. The Bertz CT molecular complexity index is 474. The molecule has 2 nitrogen and oxygen atoms in total. The van der Waals surface area contributed by atoms with Crippen molar-refractivity contribution in [3.63, 3.8) is 0 Å². The number of thioether (sulfide) groups is 1. The van der Waals surface area contributed by atoms with Gasteiger partial charge >= 0.3 is 0 Å². The van der Waals surface area contributed by atoms with Crippen molar-refractivity contribution in [1.29, 1.82) is 0 Å². The minimum absolute atomic E-state index is 0.458. The van der Waals surface area contributed by atoms with E-state index < -0.39 is 0 Å². The molecule has 4 heteroatoms. The predicted octanol–water partition coefficient (Wildman–Crippen LogP) is 4.34. The van der Waals surface area contributed by atoms with Gasteiger partial charge in [0.15, 0.2) is 0 Å². The highest BCUT2D eigenvalue weighted by Gasteiger charge is 2.23. The van der Waals surface area contributed by atoms with Crippen molar-refractivity contribution in [3.05, 3.63) is 28.8 Å². The highest BCUT2D eigenvalue weighted by molar-refractivity contribution is 7.99. The summed E-state index contributed by atoms with van der Waals surface area (Å²) >= 11 is 8.14. The molecule has 2 aliphatic rings. The molecule has 116 valence electrons. The van der Waals surface area contributed by atoms with Crippen molar-refractivity contribution >= 4 is 23.4 Å². The maximum absolute atomic E-state index is 6.19. The van der Waals surface area contributed by atoms with Crippen LogP contribution in [0.5, 0.6) is 0 Å². The second-order valence-corrected chi connectivity index (χ2v) is 7.87. The third-order valence-electron chi connectivity index (χ3n) is 4.48.